The SMILES string of the molecule is CC(C)(C)C(=O)CC(=O)C(C)(C)C.[H-].[Li+]. The Morgan fingerprint density at radius 2 is 1.07 bits per heavy atom. The van der Waals surface area contributed by atoms with Gasteiger partial charge in [-0.05, 0) is 0 Å². The quantitative estimate of drug-likeness (QED) is 0.445. The van der Waals surface area contributed by atoms with Crippen molar-refractivity contribution >= 4 is 11.6 Å². The molecule has 0 spiro atoms. The molecule has 0 aliphatic carbocycles. The van der Waals surface area contributed by atoms with E-state index < -0.39 is 10.8 Å². The zero-order chi connectivity index (χ0) is 10.9. The van der Waals surface area contributed by atoms with Crippen molar-refractivity contribution in [2.75, 3.05) is 0 Å². The molecule has 0 bridgehead atoms. The molecule has 0 rings (SSSR count). The minimum atomic E-state index is -0.402. The van der Waals surface area contributed by atoms with Crippen LogP contribution in [0.5, 0.6) is 0 Å². The van der Waals surface area contributed by atoms with Crippen molar-refractivity contribution in [3.63, 3.8) is 0 Å². The Morgan fingerprint density at radius 1 is 0.857 bits per heavy atom. The molecule has 0 aromatic heterocycles. The van der Waals surface area contributed by atoms with E-state index in [0.717, 1.165) is 0 Å². The predicted molar refractivity (Wildman–Crippen MR) is 54.7 cm³/mol. The van der Waals surface area contributed by atoms with Crippen molar-refractivity contribution < 1.29 is 29.9 Å². The Morgan fingerprint density at radius 3 is 1.21 bits per heavy atom. The molecule has 0 saturated carbocycles. The Labute approximate surface area is 100 Å². The van der Waals surface area contributed by atoms with E-state index in [4.69, 9.17) is 0 Å². The molecule has 3 heteroatoms. The van der Waals surface area contributed by atoms with Crippen LogP contribution in [-0.2, 0) is 9.59 Å². The molecule has 0 unspecified atom stereocenters. The summed E-state index contributed by atoms with van der Waals surface area (Å²) in [5.41, 5.74) is -0.804. The smallest absolute Gasteiger partial charge is 1.00 e. The summed E-state index contributed by atoms with van der Waals surface area (Å²) in [5.74, 6) is 0.0415. The van der Waals surface area contributed by atoms with Crippen molar-refractivity contribution in [3.05, 3.63) is 0 Å². The average molecular weight is 192 g/mol. The van der Waals surface area contributed by atoms with Gasteiger partial charge >= 0.3 is 18.9 Å². The van der Waals surface area contributed by atoms with E-state index in [9.17, 15) is 9.59 Å². The molecule has 0 aliphatic rings. The summed E-state index contributed by atoms with van der Waals surface area (Å²) in [6.45, 7) is 11.0. The van der Waals surface area contributed by atoms with Crippen LogP contribution in [0.1, 0.15) is 49.4 Å². The summed E-state index contributed by atoms with van der Waals surface area (Å²) >= 11 is 0. The number of hydrogen-bond acceptors (Lipinski definition) is 2. The van der Waals surface area contributed by atoms with Gasteiger partial charge in [0.05, 0.1) is 6.42 Å². The second-order valence-corrected chi connectivity index (χ2v) is 5.52. The molecule has 0 amide bonds. The number of rotatable bonds is 2. The minimum Gasteiger partial charge on any atom is -1.00 e. The summed E-state index contributed by atoms with van der Waals surface area (Å²) in [5, 5.41) is 0. The zero-order valence-corrected chi connectivity index (χ0v) is 10.5. The van der Waals surface area contributed by atoms with E-state index >= 15 is 0 Å². The van der Waals surface area contributed by atoms with Crippen LogP contribution in [0.25, 0.3) is 0 Å². The van der Waals surface area contributed by atoms with E-state index in [1.165, 1.54) is 0 Å². The first-order chi connectivity index (χ1) is 5.55. The topological polar surface area (TPSA) is 34.1 Å². The first kappa shape index (κ1) is 16.4. The molecule has 0 saturated heterocycles. The maximum Gasteiger partial charge on any atom is 1.00 e. The molecule has 0 aromatic rings. The summed E-state index contributed by atoms with van der Waals surface area (Å²) < 4.78 is 0. The van der Waals surface area contributed by atoms with Gasteiger partial charge in [-0.25, -0.2) is 0 Å². The second kappa shape index (κ2) is 5.14. The number of Topliss-reactive ketones (excluding diaryl/α,β-unsaturated/α-hetero) is 2. The van der Waals surface area contributed by atoms with Gasteiger partial charge in [0.25, 0.3) is 0 Å². The van der Waals surface area contributed by atoms with Crippen molar-refractivity contribution in [3.8, 4) is 0 Å². The van der Waals surface area contributed by atoms with Gasteiger partial charge in [-0.1, -0.05) is 41.5 Å². The summed E-state index contributed by atoms with van der Waals surface area (Å²) in [6, 6.07) is 0. The van der Waals surface area contributed by atoms with Crippen LogP contribution in [-0.4, -0.2) is 11.6 Å². The van der Waals surface area contributed by atoms with Gasteiger partial charge in [0, 0.05) is 10.8 Å². The van der Waals surface area contributed by atoms with Crippen LogP contribution < -0.4 is 18.9 Å². The van der Waals surface area contributed by atoms with Crippen LogP contribution in [0.4, 0.5) is 0 Å². The summed E-state index contributed by atoms with van der Waals surface area (Å²) in [7, 11) is 0. The number of ketones is 2. The predicted octanol–water partition coefficient (Wildman–Crippen LogP) is -0.277. The maximum absolute atomic E-state index is 11.5. The van der Waals surface area contributed by atoms with Gasteiger partial charge in [-0.3, -0.25) is 9.59 Å². The Balaban J connectivity index is -0.000000720. The molecule has 0 aromatic carbocycles. The number of carbonyl (C=O) groups is 2. The van der Waals surface area contributed by atoms with Crippen molar-refractivity contribution in [1.29, 1.82) is 0 Å². The van der Waals surface area contributed by atoms with Gasteiger partial charge in [-0.15, -0.1) is 0 Å². The molecule has 14 heavy (non-hydrogen) atoms. The first-order valence-corrected chi connectivity index (χ1v) is 4.62. The molecule has 0 N–H and O–H groups in total. The molecular formula is C11H21LiO2. The van der Waals surface area contributed by atoms with E-state index in [1.807, 2.05) is 41.5 Å². The van der Waals surface area contributed by atoms with Gasteiger partial charge in [0.2, 0.25) is 0 Å². The summed E-state index contributed by atoms with van der Waals surface area (Å²) in [4.78, 5) is 23.0. The molecule has 78 valence electrons. The normalized spacial score (nSPS) is 11.9. The number of hydrogen-bond donors (Lipinski definition) is 0. The Bertz CT molecular complexity index is 200. The summed E-state index contributed by atoms with van der Waals surface area (Å²) in [6.07, 6.45) is 0.0625. The first-order valence-electron chi connectivity index (χ1n) is 4.62. The van der Waals surface area contributed by atoms with Gasteiger partial charge in [0.15, 0.2) is 0 Å². The Hall–Kier alpha value is -0.0626. The largest absolute Gasteiger partial charge is 1.00 e. The fraction of sp³-hybridized carbons (Fsp3) is 0.818. The molecule has 0 aliphatic heterocycles. The van der Waals surface area contributed by atoms with Crippen LogP contribution in [0, 0.1) is 10.8 Å². The fourth-order valence-electron chi connectivity index (χ4n) is 0.676. The third-order valence-electron chi connectivity index (χ3n) is 1.99. The van der Waals surface area contributed by atoms with Gasteiger partial charge in [-0.2, -0.15) is 0 Å². The van der Waals surface area contributed by atoms with E-state index in [2.05, 4.69) is 0 Å². The molecule has 2 nitrogen and oxygen atoms in total. The fourth-order valence-corrected chi connectivity index (χ4v) is 0.676. The van der Waals surface area contributed by atoms with Crippen LogP contribution in [0.2, 0.25) is 0 Å². The van der Waals surface area contributed by atoms with Crippen LogP contribution >= 0.6 is 0 Å². The third-order valence-corrected chi connectivity index (χ3v) is 1.99. The van der Waals surface area contributed by atoms with Crippen LogP contribution in [0.3, 0.4) is 0 Å². The van der Waals surface area contributed by atoms with Gasteiger partial charge in [0.1, 0.15) is 11.6 Å². The third kappa shape index (κ3) is 5.62. The van der Waals surface area contributed by atoms with E-state index in [0.29, 0.717) is 0 Å². The van der Waals surface area contributed by atoms with Crippen molar-refractivity contribution in [1.82, 2.24) is 0 Å². The Kier molecular flexibility index (Phi) is 6.01. The van der Waals surface area contributed by atoms with Gasteiger partial charge < -0.3 is 1.43 Å². The van der Waals surface area contributed by atoms with E-state index in [-0.39, 0.29) is 38.3 Å². The van der Waals surface area contributed by atoms with Crippen molar-refractivity contribution in [2.24, 2.45) is 10.8 Å². The maximum atomic E-state index is 11.5. The second-order valence-electron chi connectivity index (χ2n) is 5.52. The zero-order valence-electron chi connectivity index (χ0n) is 11.5. The minimum absolute atomic E-state index is 0. The molecule has 0 fully saturated rings. The molecule has 0 heterocycles. The standard InChI is InChI=1S/C11H20O2.Li.H/c1-10(2,3)8(12)7-9(13)11(4,5)6;;/h7H2,1-6H3;;/q;+1;-1. The number of carbonyl (C=O) groups excluding carboxylic acids is 2. The monoisotopic (exact) mass is 192 g/mol. The van der Waals surface area contributed by atoms with Crippen LogP contribution in [0.15, 0.2) is 0 Å². The molecular weight excluding hydrogens is 171 g/mol. The van der Waals surface area contributed by atoms with Crippen molar-refractivity contribution in [2.45, 2.75) is 48.0 Å². The molecule has 0 radical (unpaired) electrons. The van der Waals surface area contributed by atoms with E-state index in [1.54, 1.807) is 0 Å². The molecule has 0 atom stereocenters. The average Bonchev–Trinajstić information content (AvgIpc) is 1.82.